The fraction of sp³-hybridized carbons (Fsp3) is 0.200. The van der Waals surface area contributed by atoms with Crippen molar-refractivity contribution in [2.45, 2.75) is 11.8 Å². The van der Waals surface area contributed by atoms with E-state index in [1.165, 1.54) is 6.08 Å². The first-order chi connectivity index (χ1) is 6.56. The molecule has 0 aliphatic rings. The van der Waals surface area contributed by atoms with Crippen LogP contribution in [0.1, 0.15) is 5.56 Å². The average molecular weight is 211 g/mol. The SMILES string of the molecule is C=CCOS(=N)(=O)c1ccc(C)cc1. The van der Waals surface area contributed by atoms with Gasteiger partial charge in [0.05, 0.1) is 11.5 Å². The fourth-order valence-corrected chi connectivity index (χ4v) is 1.85. The molecular weight excluding hydrogens is 198 g/mol. The van der Waals surface area contributed by atoms with E-state index in [1.807, 2.05) is 6.92 Å². The summed E-state index contributed by atoms with van der Waals surface area (Å²) in [6.07, 6.45) is 1.47. The van der Waals surface area contributed by atoms with Crippen LogP contribution in [-0.4, -0.2) is 10.8 Å². The third-order valence-corrected chi connectivity index (χ3v) is 3.04. The van der Waals surface area contributed by atoms with Gasteiger partial charge >= 0.3 is 0 Å². The first-order valence-corrected chi connectivity index (χ1v) is 5.65. The molecule has 0 saturated heterocycles. The molecule has 1 unspecified atom stereocenters. The van der Waals surface area contributed by atoms with Gasteiger partial charge in [0.25, 0.3) is 0 Å². The minimum Gasteiger partial charge on any atom is -0.277 e. The molecule has 1 aromatic carbocycles. The molecule has 0 heterocycles. The molecule has 1 rings (SSSR count). The van der Waals surface area contributed by atoms with E-state index < -0.39 is 10.0 Å². The molecule has 1 atom stereocenters. The molecule has 4 heteroatoms. The number of nitrogens with one attached hydrogen (secondary N) is 1. The number of benzene rings is 1. The van der Waals surface area contributed by atoms with Crippen molar-refractivity contribution in [3.05, 3.63) is 42.5 Å². The minimum absolute atomic E-state index is 0.121. The Balaban J connectivity index is 2.93. The van der Waals surface area contributed by atoms with Crippen molar-refractivity contribution in [1.29, 1.82) is 4.78 Å². The van der Waals surface area contributed by atoms with E-state index in [-0.39, 0.29) is 6.61 Å². The summed E-state index contributed by atoms with van der Waals surface area (Å²) in [5, 5.41) is 0. The Hall–Kier alpha value is -1.13. The van der Waals surface area contributed by atoms with Crippen LogP contribution in [0, 0.1) is 11.7 Å². The number of rotatable bonds is 4. The molecule has 0 aromatic heterocycles. The summed E-state index contributed by atoms with van der Waals surface area (Å²) < 4.78 is 24.0. The molecule has 0 fully saturated rings. The highest BCUT2D eigenvalue weighted by Gasteiger charge is 2.08. The van der Waals surface area contributed by atoms with Crippen LogP contribution >= 0.6 is 0 Å². The number of aryl methyl sites for hydroxylation is 1. The smallest absolute Gasteiger partial charge is 0.191 e. The molecule has 1 N–H and O–H groups in total. The van der Waals surface area contributed by atoms with Gasteiger partial charge in [0, 0.05) is 0 Å². The summed E-state index contributed by atoms with van der Waals surface area (Å²) >= 11 is 0. The van der Waals surface area contributed by atoms with E-state index in [9.17, 15) is 4.21 Å². The van der Waals surface area contributed by atoms with Crippen molar-refractivity contribution < 1.29 is 8.39 Å². The summed E-state index contributed by atoms with van der Waals surface area (Å²) in [7, 11) is -3.11. The van der Waals surface area contributed by atoms with Gasteiger partial charge in [-0.3, -0.25) is 4.18 Å². The predicted octanol–water partition coefficient (Wildman–Crippen LogP) is 2.52. The van der Waals surface area contributed by atoms with Gasteiger partial charge in [-0.1, -0.05) is 23.8 Å². The third-order valence-electron chi connectivity index (χ3n) is 1.68. The van der Waals surface area contributed by atoms with Crippen LogP contribution < -0.4 is 0 Å². The summed E-state index contributed by atoms with van der Waals surface area (Å²) in [5.74, 6) is 0. The van der Waals surface area contributed by atoms with Crippen molar-refractivity contribution in [2.24, 2.45) is 0 Å². The van der Waals surface area contributed by atoms with E-state index in [2.05, 4.69) is 6.58 Å². The molecule has 3 nitrogen and oxygen atoms in total. The minimum atomic E-state index is -3.11. The van der Waals surface area contributed by atoms with E-state index in [4.69, 9.17) is 8.96 Å². The zero-order valence-corrected chi connectivity index (χ0v) is 8.84. The van der Waals surface area contributed by atoms with Crippen LogP contribution in [-0.2, 0) is 14.2 Å². The molecule has 0 spiro atoms. The van der Waals surface area contributed by atoms with Crippen LogP contribution in [0.15, 0.2) is 41.8 Å². The highest BCUT2D eigenvalue weighted by atomic mass is 32.2. The van der Waals surface area contributed by atoms with Crippen LogP contribution in [0.25, 0.3) is 0 Å². The Kier molecular flexibility index (Phi) is 3.43. The van der Waals surface area contributed by atoms with Crippen molar-refractivity contribution in [3.8, 4) is 0 Å². The lowest BCUT2D eigenvalue weighted by Gasteiger charge is -2.06. The first kappa shape index (κ1) is 10.9. The largest absolute Gasteiger partial charge is 0.277 e. The van der Waals surface area contributed by atoms with Gasteiger partial charge in [-0.05, 0) is 19.1 Å². The molecule has 1 aromatic rings. The van der Waals surface area contributed by atoms with E-state index in [0.29, 0.717) is 4.90 Å². The summed E-state index contributed by atoms with van der Waals surface area (Å²) in [6, 6.07) is 6.91. The zero-order chi connectivity index (χ0) is 10.6. The Morgan fingerprint density at radius 3 is 2.57 bits per heavy atom. The van der Waals surface area contributed by atoms with Gasteiger partial charge in [-0.15, -0.1) is 6.58 Å². The normalized spacial score (nSPS) is 14.6. The lowest BCUT2D eigenvalue weighted by atomic mass is 10.2. The maximum absolute atomic E-state index is 11.7. The maximum Gasteiger partial charge on any atom is 0.191 e. The molecule has 76 valence electrons. The van der Waals surface area contributed by atoms with Crippen LogP contribution in [0.2, 0.25) is 0 Å². The molecule has 0 amide bonds. The lowest BCUT2D eigenvalue weighted by molar-refractivity contribution is 0.385. The highest BCUT2D eigenvalue weighted by Crippen LogP contribution is 2.13. The summed E-state index contributed by atoms with van der Waals surface area (Å²) in [4.78, 5) is 0.393. The Labute approximate surface area is 84.6 Å². The van der Waals surface area contributed by atoms with E-state index in [1.54, 1.807) is 24.3 Å². The van der Waals surface area contributed by atoms with Gasteiger partial charge < -0.3 is 0 Å². The van der Waals surface area contributed by atoms with Crippen LogP contribution in [0.4, 0.5) is 0 Å². The molecule has 0 aliphatic heterocycles. The van der Waals surface area contributed by atoms with Gasteiger partial charge in [0.1, 0.15) is 0 Å². The van der Waals surface area contributed by atoms with Crippen molar-refractivity contribution in [3.63, 3.8) is 0 Å². The topological polar surface area (TPSA) is 50.1 Å². The van der Waals surface area contributed by atoms with Crippen LogP contribution in [0.3, 0.4) is 0 Å². The standard InChI is InChI=1S/C10H13NO2S/c1-3-8-13-14(11,12)10-6-4-9(2)5-7-10/h3-7,11H,1,8H2,2H3. The Bertz CT molecular complexity index is 406. The number of hydrogen-bond donors (Lipinski definition) is 1. The second-order valence-corrected chi connectivity index (χ2v) is 4.60. The molecule has 14 heavy (non-hydrogen) atoms. The fourth-order valence-electron chi connectivity index (χ4n) is 0.929. The number of hydrogen-bond acceptors (Lipinski definition) is 3. The molecule has 0 radical (unpaired) electrons. The van der Waals surface area contributed by atoms with Gasteiger partial charge in [0.2, 0.25) is 0 Å². The highest BCUT2D eigenvalue weighted by molar-refractivity contribution is 7.87. The third kappa shape index (κ3) is 2.68. The summed E-state index contributed by atoms with van der Waals surface area (Å²) in [5.41, 5.74) is 1.06. The second-order valence-electron chi connectivity index (χ2n) is 2.89. The molecule has 0 aliphatic carbocycles. The summed E-state index contributed by atoms with van der Waals surface area (Å²) in [6.45, 7) is 5.49. The Morgan fingerprint density at radius 2 is 2.07 bits per heavy atom. The van der Waals surface area contributed by atoms with Crippen molar-refractivity contribution in [1.82, 2.24) is 0 Å². The quantitative estimate of drug-likeness (QED) is 0.778. The Morgan fingerprint density at radius 1 is 1.50 bits per heavy atom. The van der Waals surface area contributed by atoms with E-state index >= 15 is 0 Å². The van der Waals surface area contributed by atoms with E-state index in [0.717, 1.165) is 5.56 Å². The lowest BCUT2D eigenvalue weighted by Crippen LogP contribution is -2.04. The monoisotopic (exact) mass is 211 g/mol. The van der Waals surface area contributed by atoms with Gasteiger partial charge in [-0.2, -0.15) is 0 Å². The van der Waals surface area contributed by atoms with Crippen LogP contribution in [0.5, 0.6) is 0 Å². The molecular formula is C10H13NO2S. The first-order valence-electron chi connectivity index (χ1n) is 4.17. The van der Waals surface area contributed by atoms with Crippen molar-refractivity contribution in [2.75, 3.05) is 6.61 Å². The molecule has 0 saturated carbocycles. The average Bonchev–Trinajstić information content (AvgIpc) is 2.16. The van der Waals surface area contributed by atoms with Gasteiger partial charge in [0.15, 0.2) is 10.0 Å². The van der Waals surface area contributed by atoms with Gasteiger partial charge in [-0.25, -0.2) is 8.99 Å². The second kappa shape index (κ2) is 4.39. The molecule has 0 bridgehead atoms. The van der Waals surface area contributed by atoms with Crippen molar-refractivity contribution >= 4 is 10.0 Å². The maximum atomic E-state index is 11.7. The zero-order valence-electron chi connectivity index (χ0n) is 8.03. The predicted molar refractivity (Wildman–Crippen MR) is 56.5 cm³/mol.